The molecule has 1 atom stereocenters. The normalized spacial score (nSPS) is 12.9. The molecule has 0 amide bonds. The molecule has 0 spiro atoms. The van der Waals surface area contributed by atoms with Crippen LogP contribution in [-0.2, 0) is 0 Å². The molecule has 4 heteroatoms. The molecule has 0 aromatic heterocycles. The van der Waals surface area contributed by atoms with E-state index in [0.717, 1.165) is 11.3 Å². The van der Waals surface area contributed by atoms with Crippen LogP contribution in [0.5, 0.6) is 0 Å². The first-order chi connectivity index (χ1) is 7.50. The molecule has 0 saturated heterocycles. The smallest absolute Gasteiger partial charge is 0.0838 e. The number of likely N-dealkylation sites (N-methyl/N-ethyl adjacent to an activating group) is 1. The summed E-state index contributed by atoms with van der Waals surface area (Å²) < 4.78 is 0. The Morgan fingerprint density at radius 2 is 2.12 bits per heavy atom. The fourth-order valence-corrected chi connectivity index (χ4v) is 1.85. The van der Waals surface area contributed by atoms with E-state index in [9.17, 15) is 5.11 Å². The van der Waals surface area contributed by atoms with E-state index in [1.54, 1.807) is 0 Å². The Kier molecular flexibility index (Phi) is 5.06. The second-order valence-corrected chi connectivity index (χ2v) is 4.64. The number of halogens is 1. The van der Waals surface area contributed by atoms with E-state index >= 15 is 0 Å². The summed E-state index contributed by atoms with van der Waals surface area (Å²) in [6.45, 7) is 3.13. The molecule has 0 aliphatic rings. The van der Waals surface area contributed by atoms with Crippen molar-refractivity contribution in [1.82, 2.24) is 4.90 Å². The number of rotatable bonds is 5. The van der Waals surface area contributed by atoms with Crippen LogP contribution in [0.1, 0.15) is 5.56 Å². The number of aliphatic hydroxyl groups is 1. The number of aryl methyl sites for hydroxylation is 1. The fraction of sp³-hybridized carbons (Fsp3) is 0.500. The van der Waals surface area contributed by atoms with Gasteiger partial charge in [0.2, 0.25) is 0 Å². The van der Waals surface area contributed by atoms with Crippen LogP contribution in [0.2, 0.25) is 5.02 Å². The number of nitrogens with zero attached hydrogens (tertiary/aromatic N) is 1. The van der Waals surface area contributed by atoms with E-state index in [2.05, 4.69) is 5.32 Å². The van der Waals surface area contributed by atoms with Gasteiger partial charge in [0.25, 0.3) is 0 Å². The molecule has 1 unspecified atom stereocenters. The first-order valence-corrected chi connectivity index (χ1v) is 5.70. The first-order valence-electron chi connectivity index (χ1n) is 5.32. The maximum atomic E-state index is 9.72. The predicted octanol–water partition coefficient (Wildman–Crippen LogP) is 1.98. The van der Waals surface area contributed by atoms with Gasteiger partial charge in [-0.1, -0.05) is 23.7 Å². The summed E-state index contributed by atoms with van der Waals surface area (Å²) in [5.74, 6) is 0. The lowest BCUT2D eigenvalue weighted by molar-refractivity contribution is 0.148. The Labute approximate surface area is 102 Å². The van der Waals surface area contributed by atoms with Crippen molar-refractivity contribution in [2.24, 2.45) is 0 Å². The Bertz CT molecular complexity index is 322. The quantitative estimate of drug-likeness (QED) is 0.829. The van der Waals surface area contributed by atoms with Gasteiger partial charge >= 0.3 is 0 Å². The lowest BCUT2D eigenvalue weighted by Gasteiger charge is -2.18. The summed E-state index contributed by atoms with van der Waals surface area (Å²) in [5.41, 5.74) is 1.99. The SMILES string of the molecule is Cc1cccc(Cl)c1NCC(O)CN(C)C. The zero-order chi connectivity index (χ0) is 12.1. The van der Waals surface area contributed by atoms with Gasteiger partial charge in [0.1, 0.15) is 0 Å². The lowest BCUT2D eigenvalue weighted by Crippen LogP contribution is -2.31. The molecule has 2 N–H and O–H groups in total. The number of aliphatic hydroxyl groups excluding tert-OH is 1. The number of hydrogen-bond donors (Lipinski definition) is 2. The van der Waals surface area contributed by atoms with Gasteiger partial charge < -0.3 is 15.3 Å². The summed E-state index contributed by atoms with van der Waals surface area (Å²) >= 11 is 6.06. The molecule has 3 nitrogen and oxygen atoms in total. The first kappa shape index (κ1) is 13.3. The van der Waals surface area contributed by atoms with E-state index in [1.165, 1.54) is 0 Å². The standard InChI is InChI=1S/C12H19ClN2O/c1-9-5-4-6-11(13)12(9)14-7-10(16)8-15(2)3/h4-6,10,14,16H,7-8H2,1-3H3. The van der Waals surface area contributed by atoms with Crippen molar-refractivity contribution >= 4 is 17.3 Å². The number of benzene rings is 1. The molecule has 1 aromatic carbocycles. The summed E-state index contributed by atoms with van der Waals surface area (Å²) in [4.78, 5) is 1.95. The zero-order valence-electron chi connectivity index (χ0n) is 10.00. The third kappa shape index (κ3) is 4.00. The van der Waals surface area contributed by atoms with Crippen molar-refractivity contribution in [1.29, 1.82) is 0 Å². The van der Waals surface area contributed by atoms with E-state index in [1.807, 2.05) is 44.1 Å². The van der Waals surface area contributed by atoms with Crippen molar-refractivity contribution < 1.29 is 5.11 Å². The van der Waals surface area contributed by atoms with Crippen molar-refractivity contribution in [2.45, 2.75) is 13.0 Å². The van der Waals surface area contributed by atoms with Gasteiger partial charge in [-0.2, -0.15) is 0 Å². The number of hydrogen-bond acceptors (Lipinski definition) is 3. The minimum atomic E-state index is -0.398. The largest absolute Gasteiger partial charge is 0.390 e. The predicted molar refractivity (Wildman–Crippen MR) is 69.2 cm³/mol. The molecule has 0 heterocycles. The van der Waals surface area contributed by atoms with Crippen molar-refractivity contribution in [3.05, 3.63) is 28.8 Å². The highest BCUT2D eigenvalue weighted by molar-refractivity contribution is 6.33. The number of nitrogens with one attached hydrogen (secondary N) is 1. The zero-order valence-corrected chi connectivity index (χ0v) is 10.8. The van der Waals surface area contributed by atoms with E-state index < -0.39 is 6.10 Å². The van der Waals surface area contributed by atoms with Crippen molar-refractivity contribution in [2.75, 3.05) is 32.5 Å². The highest BCUT2D eigenvalue weighted by atomic mass is 35.5. The molecule has 0 aliphatic heterocycles. The molecule has 0 aliphatic carbocycles. The summed E-state index contributed by atoms with van der Waals surface area (Å²) in [6, 6.07) is 5.75. The third-order valence-electron chi connectivity index (χ3n) is 2.31. The Morgan fingerprint density at radius 3 is 2.69 bits per heavy atom. The van der Waals surface area contributed by atoms with E-state index in [-0.39, 0.29) is 0 Å². The van der Waals surface area contributed by atoms with Crippen molar-refractivity contribution in [3.63, 3.8) is 0 Å². The molecular formula is C12H19ClN2O. The van der Waals surface area contributed by atoms with Gasteiger partial charge in [-0.3, -0.25) is 0 Å². The van der Waals surface area contributed by atoms with Gasteiger partial charge in [-0.25, -0.2) is 0 Å². The number of para-hydroxylation sites is 1. The summed E-state index contributed by atoms with van der Waals surface area (Å²) in [5, 5.41) is 13.6. The molecule has 1 aromatic rings. The molecule has 0 radical (unpaired) electrons. The lowest BCUT2D eigenvalue weighted by atomic mass is 10.2. The monoisotopic (exact) mass is 242 g/mol. The Morgan fingerprint density at radius 1 is 1.44 bits per heavy atom. The highest BCUT2D eigenvalue weighted by Crippen LogP contribution is 2.24. The van der Waals surface area contributed by atoms with Gasteiger partial charge in [0.05, 0.1) is 16.8 Å². The third-order valence-corrected chi connectivity index (χ3v) is 2.63. The van der Waals surface area contributed by atoms with E-state index in [0.29, 0.717) is 18.1 Å². The topological polar surface area (TPSA) is 35.5 Å². The molecule has 1 rings (SSSR count). The Balaban J connectivity index is 2.54. The maximum absolute atomic E-state index is 9.72. The van der Waals surface area contributed by atoms with Crippen LogP contribution in [0.15, 0.2) is 18.2 Å². The minimum Gasteiger partial charge on any atom is -0.390 e. The molecule has 0 saturated carbocycles. The van der Waals surface area contributed by atoms with Crippen LogP contribution in [0.25, 0.3) is 0 Å². The molecular weight excluding hydrogens is 224 g/mol. The number of anilines is 1. The second-order valence-electron chi connectivity index (χ2n) is 4.23. The highest BCUT2D eigenvalue weighted by Gasteiger charge is 2.08. The van der Waals surface area contributed by atoms with Gasteiger partial charge in [0, 0.05) is 13.1 Å². The summed E-state index contributed by atoms with van der Waals surface area (Å²) in [7, 11) is 3.87. The molecule has 0 bridgehead atoms. The van der Waals surface area contributed by atoms with Crippen LogP contribution < -0.4 is 5.32 Å². The van der Waals surface area contributed by atoms with Crippen LogP contribution in [0.4, 0.5) is 5.69 Å². The average Bonchev–Trinajstić information content (AvgIpc) is 2.15. The van der Waals surface area contributed by atoms with Crippen LogP contribution in [0.3, 0.4) is 0 Å². The maximum Gasteiger partial charge on any atom is 0.0838 e. The molecule has 90 valence electrons. The second kappa shape index (κ2) is 6.09. The summed E-state index contributed by atoms with van der Waals surface area (Å²) in [6.07, 6.45) is -0.398. The fourth-order valence-electron chi connectivity index (χ4n) is 1.56. The molecule has 0 fully saturated rings. The minimum absolute atomic E-state index is 0.398. The van der Waals surface area contributed by atoms with Gasteiger partial charge in [-0.05, 0) is 32.6 Å². The Hall–Kier alpha value is -0.770. The van der Waals surface area contributed by atoms with Crippen LogP contribution in [-0.4, -0.2) is 43.3 Å². The molecule has 16 heavy (non-hydrogen) atoms. The van der Waals surface area contributed by atoms with Crippen LogP contribution in [0, 0.1) is 6.92 Å². The average molecular weight is 243 g/mol. The van der Waals surface area contributed by atoms with Gasteiger partial charge in [-0.15, -0.1) is 0 Å². The van der Waals surface area contributed by atoms with Crippen LogP contribution >= 0.6 is 11.6 Å². The van der Waals surface area contributed by atoms with Gasteiger partial charge in [0.15, 0.2) is 0 Å². The van der Waals surface area contributed by atoms with E-state index in [4.69, 9.17) is 11.6 Å². The van der Waals surface area contributed by atoms with Crippen molar-refractivity contribution in [3.8, 4) is 0 Å².